The summed E-state index contributed by atoms with van der Waals surface area (Å²) in [5.74, 6) is -0.733. The largest absolute Gasteiger partial charge is 0.493 e. The highest BCUT2D eigenvalue weighted by Crippen LogP contribution is 2.36. The number of fused-ring (bicyclic) bond motifs is 1. The standard InChI is InChI=1S/C40H39N5O8S2/c1-5-52-39(48)35-25(2)41-40-45(37(35)28-16-19-32(53-26(3)46)33(22-28)51-4)38(47)34(54-40)23-29-24-44(30-12-8-6-9-13-30)42-36(29)27-14-17-31(18-15-27)55(49,50)43-20-10-7-11-21-43/h6,8-9,12-19,22-24,37H,5,7,10-11,20-21H2,1-4H3. The van der Waals surface area contributed by atoms with E-state index in [1.54, 1.807) is 67.1 Å². The number of rotatable bonds is 10. The summed E-state index contributed by atoms with van der Waals surface area (Å²) in [6.45, 7) is 5.78. The number of methoxy groups -OCH3 is 1. The van der Waals surface area contributed by atoms with E-state index in [4.69, 9.17) is 24.3 Å². The van der Waals surface area contributed by atoms with Crippen LogP contribution in [0.1, 0.15) is 57.2 Å². The molecular formula is C40H39N5O8S2. The molecule has 0 aliphatic carbocycles. The summed E-state index contributed by atoms with van der Waals surface area (Å²) in [6, 6.07) is 20.1. The molecule has 7 rings (SSSR count). The fourth-order valence-electron chi connectivity index (χ4n) is 6.81. The zero-order chi connectivity index (χ0) is 38.9. The number of aromatic nitrogens is 3. The van der Waals surface area contributed by atoms with Gasteiger partial charge in [-0.3, -0.25) is 14.2 Å². The van der Waals surface area contributed by atoms with Crippen LogP contribution in [0.2, 0.25) is 0 Å². The van der Waals surface area contributed by atoms with Crippen molar-refractivity contribution in [1.82, 2.24) is 18.7 Å². The van der Waals surface area contributed by atoms with Crippen molar-refractivity contribution in [2.45, 2.75) is 51.0 Å². The molecule has 0 N–H and O–H groups in total. The summed E-state index contributed by atoms with van der Waals surface area (Å²) in [7, 11) is -2.21. The number of allylic oxidation sites excluding steroid dienone is 1. The Labute approximate surface area is 321 Å². The van der Waals surface area contributed by atoms with Gasteiger partial charge in [0.1, 0.15) is 0 Å². The van der Waals surface area contributed by atoms with Crippen molar-refractivity contribution < 1.29 is 32.2 Å². The van der Waals surface area contributed by atoms with Crippen molar-refractivity contribution in [3.8, 4) is 28.4 Å². The number of benzene rings is 3. The molecule has 0 radical (unpaired) electrons. The second kappa shape index (κ2) is 15.6. The average Bonchev–Trinajstić information content (AvgIpc) is 3.75. The van der Waals surface area contributed by atoms with Gasteiger partial charge in [0.05, 0.1) is 51.8 Å². The second-order valence-corrected chi connectivity index (χ2v) is 16.0. The Hall–Kier alpha value is -5.64. The second-order valence-electron chi connectivity index (χ2n) is 13.0. The summed E-state index contributed by atoms with van der Waals surface area (Å²) >= 11 is 1.16. The third kappa shape index (κ3) is 7.42. The van der Waals surface area contributed by atoms with Crippen molar-refractivity contribution >= 4 is 39.4 Å². The number of piperidine rings is 1. The quantitative estimate of drug-likeness (QED) is 0.144. The Balaban J connectivity index is 1.37. The van der Waals surface area contributed by atoms with Crippen molar-refractivity contribution in [2.75, 3.05) is 26.8 Å². The molecule has 1 atom stereocenters. The van der Waals surface area contributed by atoms with Crippen LogP contribution in [-0.2, 0) is 24.3 Å². The van der Waals surface area contributed by atoms with Gasteiger partial charge in [-0.15, -0.1) is 0 Å². The number of carbonyl (C=O) groups is 2. The Morgan fingerprint density at radius 3 is 2.38 bits per heavy atom. The molecule has 0 amide bonds. The molecule has 284 valence electrons. The van der Waals surface area contributed by atoms with Crippen LogP contribution in [0.15, 0.2) is 105 Å². The molecule has 5 aromatic rings. The first kappa shape index (κ1) is 37.7. The van der Waals surface area contributed by atoms with Gasteiger partial charge in [0.15, 0.2) is 16.3 Å². The third-order valence-corrected chi connectivity index (χ3v) is 12.3. The van der Waals surface area contributed by atoms with Gasteiger partial charge in [0, 0.05) is 37.3 Å². The van der Waals surface area contributed by atoms with E-state index in [2.05, 4.69) is 0 Å². The minimum Gasteiger partial charge on any atom is -0.493 e. The lowest BCUT2D eigenvalue weighted by atomic mass is 9.95. The maximum absolute atomic E-state index is 14.5. The summed E-state index contributed by atoms with van der Waals surface area (Å²) in [5, 5.41) is 4.90. The van der Waals surface area contributed by atoms with Crippen LogP contribution in [0.25, 0.3) is 23.0 Å². The molecule has 1 fully saturated rings. The maximum Gasteiger partial charge on any atom is 0.338 e. The predicted octanol–water partition coefficient (Wildman–Crippen LogP) is 4.76. The van der Waals surface area contributed by atoms with Gasteiger partial charge in [-0.2, -0.15) is 9.40 Å². The van der Waals surface area contributed by atoms with E-state index in [1.165, 1.54) is 22.9 Å². The Morgan fingerprint density at radius 1 is 0.982 bits per heavy atom. The van der Waals surface area contributed by atoms with E-state index in [-0.39, 0.29) is 28.6 Å². The number of carbonyl (C=O) groups excluding carboxylic acids is 2. The van der Waals surface area contributed by atoms with Crippen LogP contribution < -0.4 is 24.4 Å². The minimum atomic E-state index is -3.64. The summed E-state index contributed by atoms with van der Waals surface area (Å²) in [5.41, 5.74) is 3.24. The summed E-state index contributed by atoms with van der Waals surface area (Å²) in [6.07, 6.45) is 6.23. The average molecular weight is 782 g/mol. The summed E-state index contributed by atoms with van der Waals surface area (Å²) in [4.78, 5) is 45.0. The normalized spacial score (nSPS) is 16.4. The first-order chi connectivity index (χ1) is 26.5. The van der Waals surface area contributed by atoms with E-state index < -0.39 is 33.6 Å². The molecule has 1 unspecified atom stereocenters. The number of thiazole rings is 1. The first-order valence-corrected chi connectivity index (χ1v) is 20.1. The molecule has 13 nitrogen and oxygen atoms in total. The van der Waals surface area contributed by atoms with Crippen LogP contribution in [0.3, 0.4) is 0 Å². The molecule has 0 bridgehead atoms. The fourth-order valence-corrected chi connectivity index (χ4v) is 9.37. The van der Waals surface area contributed by atoms with Crippen LogP contribution in [0, 0.1) is 0 Å². The van der Waals surface area contributed by atoms with Gasteiger partial charge in [0.25, 0.3) is 5.56 Å². The zero-order valence-electron chi connectivity index (χ0n) is 30.7. The number of esters is 2. The minimum absolute atomic E-state index is 0.112. The molecular weight excluding hydrogens is 743 g/mol. The maximum atomic E-state index is 14.5. The SMILES string of the molecule is CCOC(=O)C1=C(C)N=c2sc(=Cc3cn(-c4ccccc4)nc3-c3ccc(S(=O)(=O)N4CCCCC4)cc3)c(=O)n2C1c1ccc(OC(C)=O)c(OC)c1. The van der Waals surface area contributed by atoms with Crippen molar-refractivity contribution in [3.63, 3.8) is 0 Å². The van der Waals surface area contributed by atoms with Gasteiger partial charge < -0.3 is 14.2 Å². The topological polar surface area (TPSA) is 151 Å². The first-order valence-electron chi connectivity index (χ1n) is 17.8. The van der Waals surface area contributed by atoms with Gasteiger partial charge in [-0.25, -0.2) is 22.9 Å². The van der Waals surface area contributed by atoms with Crippen LogP contribution >= 0.6 is 11.3 Å². The van der Waals surface area contributed by atoms with E-state index in [0.717, 1.165) is 36.3 Å². The number of hydrogen-bond acceptors (Lipinski definition) is 11. The molecule has 2 aromatic heterocycles. The van der Waals surface area contributed by atoms with Crippen molar-refractivity contribution in [1.29, 1.82) is 0 Å². The predicted molar refractivity (Wildman–Crippen MR) is 206 cm³/mol. The lowest BCUT2D eigenvalue weighted by Gasteiger charge is -2.25. The van der Waals surface area contributed by atoms with E-state index in [1.807, 2.05) is 36.5 Å². The fraction of sp³-hybridized carbons (Fsp3) is 0.275. The molecule has 1 saturated heterocycles. The monoisotopic (exact) mass is 781 g/mol. The van der Waals surface area contributed by atoms with E-state index >= 15 is 0 Å². The molecule has 2 aliphatic rings. The van der Waals surface area contributed by atoms with Crippen molar-refractivity contribution in [2.24, 2.45) is 4.99 Å². The molecule has 0 spiro atoms. The van der Waals surface area contributed by atoms with Gasteiger partial charge >= 0.3 is 11.9 Å². The highest BCUT2D eigenvalue weighted by molar-refractivity contribution is 7.89. The molecule has 3 aromatic carbocycles. The molecule has 0 saturated carbocycles. The van der Waals surface area contributed by atoms with Crippen LogP contribution in [0.4, 0.5) is 0 Å². The number of ether oxygens (including phenoxy) is 3. The molecule has 4 heterocycles. The van der Waals surface area contributed by atoms with E-state index in [9.17, 15) is 22.8 Å². The van der Waals surface area contributed by atoms with Gasteiger partial charge in [-0.1, -0.05) is 54.2 Å². The van der Waals surface area contributed by atoms with Gasteiger partial charge in [0.2, 0.25) is 10.0 Å². The summed E-state index contributed by atoms with van der Waals surface area (Å²) < 4.78 is 48.1. The highest BCUT2D eigenvalue weighted by Gasteiger charge is 2.34. The molecule has 15 heteroatoms. The smallest absolute Gasteiger partial charge is 0.338 e. The molecule has 2 aliphatic heterocycles. The van der Waals surface area contributed by atoms with Crippen LogP contribution in [-0.4, -0.2) is 65.8 Å². The van der Waals surface area contributed by atoms with E-state index in [0.29, 0.717) is 50.5 Å². The number of sulfonamides is 1. The zero-order valence-corrected chi connectivity index (χ0v) is 32.4. The number of hydrogen-bond donors (Lipinski definition) is 0. The Kier molecular flexibility index (Phi) is 10.7. The number of nitrogens with zero attached hydrogens (tertiary/aromatic N) is 5. The van der Waals surface area contributed by atoms with Gasteiger partial charge in [-0.05, 0) is 74.7 Å². The lowest BCUT2D eigenvalue weighted by molar-refractivity contribution is -0.139. The van der Waals surface area contributed by atoms with Crippen molar-refractivity contribution in [3.05, 3.63) is 121 Å². The Morgan fingerprint density at radius 2 is 1.71 bits per heavy atom. The highest BCUT2D eigenvalue weighted by atomic mass is 32.2. The number of para-hydroxylation sites is 1. The lowest BCUT2D eigenvalue weighted by Crippen LogP contribution is -2.40. The Bertz CT molecular complexity index is 2600. The third-order valence-electron chi connectivity index (χ3n) is 9.40. The molecule has 55 heavy (non-hydrogen) atoms. The van der Waals surface area contributed by atoms with Crippen LogP contribution in [0.5, 0.6) is 11.5 Å².